The number of hydrazine groups is 2. The minimum Gasteiger partial charge on any atom is -0.497 e. The van der Waals surface area contributed by atoms with Crippen LogP contribution in [-0.4, -0.2) is 25.0 Å². The van der Waals surface area contributed by atoms with Gasteiger partial charge in [0.05, 0.1) is 31.0 Å². The molecule has 7 nitrogen and oxygen atoms in total. The van der Waals surface area contributed by atoms with Gasteiger partial charge in [-0.1, -0.05) is 23.8 Å². The molecule has 1 aliphatic heterocycles. The van der Waals surface area contributed by atoms with E-state index in [1.807, 2.05) is 24.3 Å². The number of nitrogens with one attached hydrogen (secondary N) is 1. The van der Waals surface area contributed by atoms with Crippen molar-refractivity contribution >= 4 is 26.4 Å². The van der Waals surface area contributed by atoms with Crippen molar-refractivity contribution in [2.75, 3.05) is 19.3 Å². The second-order valence-corrected chi connectivity index (χ2v) is 10.5. The van der Waals surface area contributed by atoms with Crippen LogP contribution in [0.3, 0.4) is 0 Å². The van der Waals surface area contributed by atoms with Crippen LogP contribution in [0.15, 0.2) is 42.5 Å². The van der Waals surface area contributed by atoms with Crippen LogP contribution < -0.4 is 20.2 Å². The molecule has 0 radical (unpaired) electrons. The highest BCUT2D eigenvalue weighted by Gasteiger charge is 2.58. The first-order valence-electron chi connectivity index (χ1n) is 11.8. The lowest BCUT2D eigenvalue weighted by Gasteiger charge is -2.51. The molecular weight excluding hydrogens is 448 g/mol. The maximum Gasteiger partial charge on any atom is 0.166 e. The third kappa shape index (κ3) is 3.35. The number of hydrogen-bond acceptors (Lipinski definition) is 8. The molecule has 2 aromatic carbocycles. The van der Waals surface area contributed by atoms with E-state index in [0.717, 1.165) is 38.6 Å². The van der Waals surface area contributed by atoms with Gasteiger partial charge in [-0.25, -0.2) is 5.12 Å². The molecule has 7 rings (SSSR count). The Labute approximate surface area is 203 Å². The highest BCUT2D eigenvalue weighted by atomic mass is 32.1. The second kappa shape index (κ2) is 8.43. The van der Waals surface area contributed by atoms with Gasteiger partial charge in [-0.2, -0.15) is 10.3 Å². The van der Waals surface area contributed by atoms with E-state index in [1.54, 1.807) is 25.6 Å². The SMILES string of the molecule is COc1ccc(CN2N(c3cc4cccc(C#N)c4s3)NO[C@@]23CC2CCC3CC2)c(OC)c1. The molecule has 1 atom stereocenters. The second-order valence-electron chi connectivity index (χ2n) is 9.43. The molecule has 1 N–H and O–H groups in total. The number of methoxy groups -OCH3 is 2. The van der Waals surface area contributed by atoms with Crippen LogP contribution >= 0.6 is 11.3 Å². The monoisotopic (exact) mass is 476 g/mol. The summed E-state index contributed by atoms with van der Waals surface area (Å²) in [5.41, 5.74) is 4.63. The number of benzene rings is 2. The normalized spacial score (nSPS) is 26.3. The third-order valence-corrected chi connectivity index (χ3v) is 8.89. The lowest BCUT2D eigenvalue weighted by Crippen LogP contribution is -2.59. The summed E-state index contributed by atoms with van der Waals surface area (Å²) in [5, 5.41) is 16.1. The van der Waals surface area contributed by atoms with Crippen LogP contribution in [0.4, 0.5) is 5.00 Å². The number of nitriles is 1. The molecule has 0 unspecified atom stereocenters. The smallest absolute Gasteiger partial charge is 0.166 e. The summed E-state index contributed by atoms with van der Waals surface area (Å²) in [6.45, 7) is 0.628. The standard InChI is InChI=1S/C26H28N4O3S/c1-31-22-11-8-20(23(13-22)32-2)16-29-26(14-17-6-9-21(26)10-7-17)33-28-30(29)24-12-18-4-3-5-19(15-27)25(18)34-24/h3-5,8,11-13,17,21,28H,6-7,9-10,14,16H2,1-2H3/t17?,21?,26-/m1/s1. The zero-order valence-corrected chi connectivity index (χ0v) is 20.2. The average molecular weight is 477 g/mol. The molecule has 34 heavy (non-hydrogen) atoms. The summed E-state index contributed by atoms with van der Waals surface area (Å²) < 4.78 is 12.1. The number of nitrogens with zero attached hydrogens (tertiary/aromatic N) is 3. The molecule has 4 aliphatic rings. The molecule has 8 heteroatoms. The van der Waals surface area contributed by atoms with Crippen molar-refractivity contribution in [1.29, 1.82) is 5.26 Å². The number of thiophene rings is 1. The van der Waals surface area contributed by atoms with Gasteiger partial charge in [0.15, 0.2) is 5.72 Å². The zero-order chi connectivity index (χ0) is 23.3. The van der Waals surface area contributed by atoms with Crippen molar-refractivity contribution in [3.63, 3.8) is 0 Å². The van der Waals surface area contributed by atoms with E-state index >= 15 is 0 Å². The van der Waals surface area contributed by atoms with Gasteiger partial charge >= 0.3 is 0 Å². The largest absolute Gasteiger partial charge is 0.497 e. The Kier molecular flexibility index (Phi) is 5.38. The summed E-state index contributed by atoms with van der Waals surface area (Å²) in [4.78, 5) is 6.52. The van der Waals surface area contributed by atoms with Crippen LogP contribution in [0.25, 0.3) is 10.1 Å². The van der Waals surface area contributed by atoms with Crippen molar-refractivity contribution in [2.45, 2.75) is 44.4 Å². The number of rotatable bonds is 5. The number of hydrogen-bond donors (Lipinski definition) is 1. The summed E-state index contributed by atoms with van der Waals surface area (Å²) in [6.07, 6.45) is 5.94. The van der Waals surface area contributed by atoms with Gasteiger partial charge in [0.1, 0.15) is 22.6 Å². The minimum absolute atomic E-state index is 0.402. The van der Waals surface area contributed by atoms with E-state index in [0.29, 0.717) is 23.9 Å². The Balaban J connectivity index is 1.43. The van der Waals surface area contributed by atoms with Crippen molar-refractivity contribution in [2.24, 2.45) is 11.8 Å². The molecule has 176 valence electrons. The van der Waals surface area contributed by atoms with E-state index < -0.39 is 5.72 Å². The quantitative estimate of drug-likeness (QED) is 0.531. The van der Waals surface area contributed by atoms with Crippen LogP contribution in [0.2, 0.25) is 0 Å². The Morgan fingerprint density at radius 2 is 2.00 bits per heavy atom. The van der Waals surface area contributed by atoms with Crippen LogP contribution in [0.1, 0.15) is 43.2 Å². The molecule has 4 fully saturated rings. The molecule has 1 saturated heterocycles. The fourth-order valence-corrected chi connectivity index (χ4v) is 7.07. The first-order chi connectivity index (χ1) is 16.6. The maximum atomic E-state index is 9.60. The van der Waals surface area contributed by atoms with Crippen molar-refractivity contribution in [3.8, 4) is 17.6 Å². The number of ether oxygens (including phenoxy) is 2. The summed E-state index contributed by atoms with van der Waals surface area (Å²) in [7, 11) is 3.36. The maximum absolute atomic E-state index is 9.60. The lowest BCUT2D eigenvalue weighted by atomic mass is 9.65. The van der Waals surface area contributed by atoms with Gasteiger partial charge in [0, 0.05) is 17.5 Å². The Morgan fingerprint density at radius 3 is 2.71 bits per heavy atom. The van der Waals surface area contributed by atoms with E-state index in [1.165, 1.54) is 25.7 Å². The van der Waals surface area contributed by atoms with Crippen LogP contribution in [0, 0.1) is 23.2 Å². The van der Waals surface area contributed by atoms with Gasteiger partial charge < -0.3 is 9.47 Å². The summed E-state index contributed by atoms with van der Waals surface area (Å²) in [6, 6.07) is 16.3. The van der Waals surface area contributed by atoms with Gasteiger partial charge in [0.25, 0.3) is 0 Å². The topological polar surface area (TPSA) is 70.0 Å². The molecule has 1 aromatic heterocycles. The van der Waals surface area contributed by atoms with Crippen LogP contribution in [-0.2, 0) is 11.4 Å². The summed E-state index contributed by atoms with van der Waals surface area (Å²) >= 11 is 1.61. The van der Waals surface area contributed by atoms with E-state index in [9.17, 15) is 5.26 Å². The van der Waals surface area contributed by atoms with Crippen molar-refractivity contribution in [3.05, 3.63) is 53.6 Å². The van der Waals surface area contributed by atoms with Gasteiger partial charge in [-0.3, -0.25) is 4.84 Å². The van der Waals surface area contributed by atoms with E-state index in [2.05, 4.69) is 40.0 Å². The fourth-order valence-electron chi connectivity index (χ4n) is 5.99. The molecule has 1 spiro atoms. The Morgan fingerprint density at radius 1 is 1.15 bits per heavy atom. The fraction of sp³-hybridized carbons (Fsp3) is 0.423. The number of fused-ring (bicyclic) bond motifs is 3. The molecule has 0 amide bonds. The molecule has 3 aromatic rings. The first-order valence-corrected chi connectivity index (χ1v) is 12.6. The summed E-state index contributed by atoms with van der Waals surface area (Å²) in [5.74, 6) is 2.71. The Hall–Kier alpha value is -2.83. The third-order valence-electron chi connectivity index (χ3n) is 7.73. The minimum atomic E-state index is -0.402. The molecule has 3 aliphatic carbocycles. The Bertz CT molecular complexity index is 1260. The highest BCUT2D eigenvalue weighted by Crippen LogP contribution is 2.54. The molecule has 2 bridgehead atoms. The zero-order valence-electron chi connectivity index (χ0n) is 19.4. The van der Waals surface area contributed by atoms with Gasteiger partial charge in [-0.05, 0) is 61.6 Å². The van der Waals surface area contributed by atoms with Gasteiger partial charge in [0.2, 0.25) is 0 Å². The van der Waals surface area contributed by atoms with Crippen LogP contribution in [0.5, 0.6) is 11.5 Å². The molecule has 2 heterocycles. The van der Waals surface area contributed by atoms with E-state index in [-0.39, 0.29) is 0 Å². The number of anilines is 1. The highest BCUT2D eigenvalue weighted by molar-refractivity contribution is 7.23. The predicted octanol–water partition coefficient (Wildman–Crippen LogP) is 5.37. The average Bonchev–Trinajstić information content (AvgIpc) is 3.46. The van der Waals surface area contributed by atoms with E-state index in [4.69, 9.17) is 14.3 Å². The lowest BCUT2D eigenvalue weighted by molar-refractivity contribution is -0.201. The molecular formula is C26H28N4O3S. The predicted molar refractivity (Wildman–Crippen MR) is 131 cm³/mol. The molecule has 3 saturated carbocycles. The first kappa shape index (κ1) is 21.7. The van der Waals surface area contributed by atoms with Crippen molar-refractivity contribution < 1.29 is 14.3 Å². The van der Waals surface area contributed by atoms with Crippen molar-refractivity contribution in [1.82, 2.24) is 10.6 Å². The van der Waals surface area contributed by atoms with Gasteiger partial charge in [-0.15, -0.1) is 11.3 Å².